The molecule has 2 atom stereocenters. The van der Waals surface area contributed by atoms with Gasteiger partial charge >= 0.3 is 0 Å². The molecule has 2 aliphatic heterocycles. The van der Waals surface area contributed by atoms with Gasteiger partial charge in [-0.15, -0.1) is 0 Å². The summed E-state index contributed by atoms with van der Waals surface area (Å²) in [5, 5.41) is 11.4. The molecule has 28 heavy (non-hydrogen) atoms. The molecular weight excluding hydrogens is 356 g/mol. The van der Waals surface area contributed by atoms with Crippen molar-refractivity contribution >= 4 is 17.5 Å². The Hall–Kier alpha value is -3.02. The largest absolute Gasteiger partial charge is 0.493 e. The number of hydrogen-bond donors (Lipinski definition) is 0. The molecule has 1 spiro atoms. The Morgan fingerprint density at radius 2 is 2.07 bits per heavy atom. The number of nitrogens with zero attached hydrogens (tertiary/aromatic N) is 2. The molecule has 6 heteroatoms. The van der Waals surface area contributed by atoms with Gasteiger partial charge in [-0.1, -0.05) is 18.2 Å². The van der Waals surface area contributed by atoms with Crippen molar-refractivity contribution in [2.24, 2.45) is 0 Å². The van der Waals surface area contributed by atoms with Crippen molar-refractivity contribution in [1.29, 1.82) is 0 Å². The van der Waals surface area contributed by atoms with Crippen LogP contribution < -0.4 is 14.4 Å². The molecule has 0 aromatic heterocycles. The zero-order valence-corrected chi connectivity index (χ0v) is 16.2. The van der Waals surface area contributed by atoms with Crippen molar-refractivity contribution in [2.75, 3.05) is 19.1 Å². The Kier molecular flexibility index (Phi) is 3.36. The number of methoxy groups -OCH3 is 1. The van der Waals surface area contributed by atoms with Crippen molar-refractivity contribution in [3.8, 4) is 11.5 Å². The van der Waals surface area contributed by atoms with Crippen molar-refractivity contribution in [3.05, 3.63) is 63.2 Å². The number of nitro benzene ring substituents is 1. The zero-order valence-electron chi connectivity index (χ0n) is 16.2. The number of anilines is 1. The number of fused-ring (bicyclic) bond motifs is 3. The summed E-state index contributed by atoms with van der Waals surface area (Å²) in [7, 11) is 3.60. The maximum Gasteiger partial charge on any atom is 0.274 e. The second-order valence-electron chi connectivity index (χ2n) is 8.00. The summed E-state index contributed by atoms with van der Waals surface area (Å²) in [6.07, 6.45) is 5.04. The molecule has 0 bridgehead atoms. The van der Waals surface area contributed by atoms with Crippen molar-refractivity contribution in [1.82, 2.24) is 0 Å². The van der Waals surface area contributed by atoms with E-state index in [1.54, 1.807) is 6.07 Å². The van der Waals surface area contributed by atoms with Crippen LogP contribution in [0.15, 0.2) is 42.0 Å². The highest BCUT2D eigenvalue weighted by atomic mass is 16.6. The topological polar surface area (TPSA) is 64.8 Å². The van der Waals surface area contributed by atoms with Crippen LogP contribution >= 0.6 is 0 Å². The number of benzene rings is 2. The van der Waals surface area contributed by atoms with E-state index in [9.17, 15) is 10.1 Å². The molecule has 2 heterocycles. The van der Waals surface area contributed by atoms with Gasteiger partial charge < -0.3 is 14.4 Å². The van der Waals surface area contributed by atoms with Crippen molar-refractivity contribution in [3.63, 3.8) is 0 Å². The molecule has 0 N–H and O–H groups in total. The van der Waals surface area contributed by atoms with E-state index in [0.29, 0.717) is 17.1 Å². The summed E-state index contributed by atoms with van der Waals surface area (Å²) in [4.78, 5) is 13.2. The normalized spacial score (nSPS) is 27.0. The first-order valence-electron chi connectivity index (χ1n) is 9.52. The van der Waals surface area contributed by atoms with Crippen LogP contribution in [0.3, 0.4) is 0 Å². The molecule has 3 aliphatic rings. The first kappa shape index (κ1) is 17.1. The Morgan fingerprint density at radius 3 is 2.82 bits per heavy atom. The third kappa shape index (κ3) is 1.87. The average Bonchev–Trinajstić information content (AvgIpc) is 2.89. The van der Waals surface area contributed by atoms with Gasteiger partial charge in [0, 0.05) is 24.4 Å². The summed E-state index contributed by atoms with van der Waals surface area (Å²) in [6, 6.07) is 11.5. The molecule has 1 saturated carbocycles. The van der Waals surface area contributed by atoms with Gasteiger partial charge in [0.1, 0.15) is 0 Å². The molecule has 1 aliphatic carbocycles. The van der Waals surface area contributed by atoms with Crippen LogP contribution in [0.2, 0.25) is 0 Å². The Labute approximate surface area is 163 Å². The van der Waals surface area contributed by atoms with Gasteiger partial charge in [-0.3, -0.25) is 10.1 Å². The number of rotatable bonds is 2. The standard InChI is InChI=1S/C22H22N2O4/c1-21-10-6-7-15-11-14-12-16(24(25)26)13-19(27-3)20(14)28-22(15,21)23(2)18-9-5-4-8-17(18)21/h4-5,8-9,11-13H,6-7,10H2,1-3H3. The molecule has 2 aromatic carbocycles. The molecule has 0 amide bonds. The summed E-state index contributed by atoms with van der Waals surface area (Å²) in [5.41, 5.74) is 3.47. The number of para-hydroxylation sites is 1. The lowest BCUT2D eigenvalue weighted by Gasteiger charge is -2.53. The van der Waals surface area contributed by atoms with Crippen LogP contribution in [0.4, 0.5) is 11.4 Å². The van der Waals surface area contributed by atoms with E-state index in [4.69, 9.17) is 9.47 Å². The van der Waals surface area contributed by atoms with Crippen LogP contribution in [-0.4, -0.2) is 24.8 Å². The van der Waals surface area contributed by atoms with Crippen LogP contribution in [0, 0.1) is 10.1 Å². The average molecular weight is 378 g/mol. The van der Waals surface area contributed by atoms with Crippen molar-refractivity contribution < 1.29 is 14.4 Å². The fourth-order valence-corrected chi connectivity index (χ4v) is 5.46. The van der Waals surface area contributed by atoms with Gasteiger partial charge in [0.25, 0.3) is 5.69 Å². The van der Waals surface area contributed by atoms with Gasteiger partial charge in [-0.05, 0) is 49.5 Å². The molecule has 5 rings (SSSR count). The SMILES string of the molecule is COc1cc([N+](=O)[O-])cc2c1OC13C(=C2)CCCC1(C)c1ccccc1N3C. The Morgan fingerprint density at radius 1 is 1.29 bits per heavy atom. The van der Waals surface area contributed by atoms with E-state index < -0.39 is 10.6 Å². The summed E-state index contributed by atoms with van der Waals surface area (Å²) < 4.78 is 12.3. The molecule has 2 aromatic rings. The number of nitro groups is 1. The third-order valence-electron chi connectivity index (χ3n) is 6.72. The second-order valence-corrected chi connectivity index (χ2v) is 8.00. The smallest absolute Gasteiger partial charge is 0.274 e. The first-order chi connectivity index (χ1) is 13.4. The minimum Gasteiger partial charge on any atom is -0.493 e. The predicted octanol–water partition coefficient (Wildman–Crippen LogP) is 4.67. The van der Waals surface area contributed by atoms with Gasteiger partial charge in [0.05, 0.1) is 23.5 Å². The van der Waals surface area contributed by atoms with Gasteiger partial charge in [0.15, 0.2) is 11.5 Å². The fourth-order valence-electron chi connectivity index (χ4n) is 5.46. The number of hydrogen-bond acceptors (Lipinski definition) is 5. The van der Waals surface area contributed by atoms with Gasteiger partial charge in [0.2, 0.25) is 5.72 Å². The Balaban J connectivity index is 1.77. The lowest BCUT2D eigenvalue weighted by atomic mass is 9.64. The predicted molar refractivity (Wildman–Crippen MR) is 107 cm³/mol. The molecule has 144 valence electrons. The van der Waals surface area contributed by atoms with E-state index in [-0.39, 0.29) is 11.1 Å². The van der Waals surface area contributed by atoms with E-state index in [2.05, 4.69) is 49.2 Å². The van der Waals surface area contributed by atoms with E-state index >= 15 is 0 Å². The van der Waals surface area contributed by atoms with Gasteiger partial charge in [-0.2, -0.15) is 0 Å². The molecule has 6 nitrogen and oxygen atoms in total. The molecule has 0 saturated heterocycles. The van der Waals surface area contributed by atoms with Crippen LogP contribution in [0.5, 0.6) is 11.5 Å². The highest BCUT2D eigenvalue weighted by Crippen LogP contribution is 2.62. The maximum atomic E-state index is 11.4. The van der Waals surface area contributed by atoms with Crippen LogP contribution in [0.1, 0.15) is 37.3 Å². The lowest BCUT2D eigenvalue weighted by molar-refractivity contribution is -0.385. The molecule has 2 unspecified atom stereocenters. The zero-order chi connectivity index (χ0) is 19.7. The highest BCUT2D eigenvalue weighted by molar-refractivity contribution is 5.78. The van der Waals surface area contributed by atoms with Crippen molar-refractivity contribution in [2.45, 2.75) is 37.3 Å². The minimum atomic E-state index is -0.647. The monoisotopic (exact) mass is 378 g/mol. The molecular formula is C22H22N2O4. The first-order valence-corrected chi connectivity index (χ1v) is 9.52. The summed E-state index contributed by atoms with van der Waals surface area (Å²) in [6.45, 7) is 2.27. The molecule has 1 fully saturated rings. The van der Waals surface area contributed by atoms with E-state index in [0.717, 1.165) is 24.8 Å². The fraction of sp³-hybridized carbons (Fsp3) is 0.364. The molecule has 0 radical (unpaired) electrons. The summed E-state index contributed by atoms with van der Waals surface area (Å²) in [5.74, 6) is 0.968. The second kappa shape index (κ2) is 5.50. The Bertz CT molecular complexity index is 1050. The van der Waals surface area contributed by atoms with Crippen LogP contribution in [-0.2, 0) is 5.41 Å². The quantitative estimate of drug-likeness (QED) is 0.561. The number of ether oxygens (including phenoxy) is 2. The minimum absolute atomic E-state index is 0.00799. The van der Waals surface area contributed by atoms with Gasteiger partial charge in [-0.25, -0.2) is 0 Å². The summed E-state index contributed by atoms with van der Waals surface area (Å²) >= 11 is 0. The highest BCUT2D eigenvalue weighted by Gasteiger charge is 2.64. The maximum absolute atomic E-state index is 11.4. The van der Waals surface area contributed by atoms with E-state index in [1.165, 1.54) is 24.4 Å². The third-order valence-corrected chi connectivity index (χ3v) is 6.72. The number of likely N-dealkylation sites (N-methyl/N-ethyl adjacent to an activating group) is 1. The lowest BCUT2D eigenvalue weighted by Crippen LogP contribution is -2.63. The van der Waals surface area contributed by atoms with Crippen LogP contribution in [0.25, 0.3) is 6.08 Å². The number of non-ortho nitro benzene ring substituents is 1. The van der Waals surface area contributed by atoms with E-state index in [1.807, 2.05) is 0 Å².